The molecule has 0 spiro atoms. The first-order valence-corrected chi connectivity index (χ1v) is 32.3. The van der Waals surface area contributed by atoms with Crippen LogP contribution in [0.25, 0.3) is 60.9 Å². The predicted molar refractivity (Wildman–Crippen MR) is 396 cm³/mol. The first-order valence-electron chi connectivity index (χ1n) is 30.4. The summed E-state index contributed by atoms with van der Waals surface area (Å²) < 4.78 is 32.5. The molecule has 0 unspecified atom stereocenters. The number of nitrogens with one attached hydrogen (secondary N) is 1. The Hall–Kier alpha value is -12.1. The second kappa shape index (κ2) is 30.6. The number of imidazole rings is 3. The van der Waals surface area contributed by atoms with Crippen molar-refractivity contribution in [3.63, 3.8) is 0 Å². The minimum absolute atomic E-state index is 0.527. The maximum absolute atomic E-state index is 6.49. The van der Waals surface area contributed by atoms with Crippen LogP contribution in [-0.2, 0) is 0 Å². The molecule has 17 rings (SSSR count). The van der Waals surface area contributed by atoms with Crippen molar-refractivity contribution in [3.05, 3.63) is 350 Å². The van der Waals surface area contributed by atoms with E-state index < -0.39 is 0 Å². The molecule has 0 aliphatic carbocycles. The zero-order chi connectivity index (χ0) is 65.3. The Morgan fingerprint density at radius 2 is 0.875 bits per heavy atom. The molecule has 7 heterocycles. The van der Waals surface area contributed by atoms with Gasteiger partial charge in [0.1, 0.15) is 28.2 Å². The summed E-state index contributed by atoms with van der Waals surface area (Å²) >= 11 is 5.68. The molecule has 10 aromatic carbocycles. The highest BCUT2D eigenvalue weighted by molar-refractivity contribution is 14.1. The van der Waals surface area contributed by atoms with Gasteiger partial charge in [-0.3, -0.25) is 0 Å². The molecule has 3 N–H and O–H groups in total. The van der Waals surface area contributed by atoms with Gasteiger partial charge in [0.2, 0.25) is 11.8 Å². The second-order valence-corrected chi connectivity index (χ2v) is 23.4. The van der Waals surface area contributed by atoms with Gasteiger partial charge in [0, 0.05) is 139 Å². The number of nitrogens with two attached hydrogens (primary N) is 1. The summed E-state index contributed by atoms with van der Waals surface area (Å²) in [5.74, 6) is 2.54. The normalized spacial score (nSPS) is 10.6. The summed E-state index contributed by atoms with van der Waals surface area (Å²) in [4.78, 5) is 23.0. The van der Waals surface area contributed by atoms with Crippen LogP contribution in [0.3, 0.4) is 0 Å². The average Bonchev–Trinajstić information content (AvgIpc) is 1.54. The zero-order valence-electron chi connectivity index (χ0n) is 51.3. The minimum atomic E-state index is 0.527. The first kappa shape index (κ1) is 62.7. The highest BCUT2D eigenvalue weighted by Crippen LogP contribution is 2.45. The summed E-state index contributed by atoms with van der Waals surface area (Å²) in [5, 5.41) is 7.52. The number of pyridine rings is 2. The molecule has 0 radical (unpaired) electrons. The summed E-state index contributed by atoms with van der Waals surface area (Å²) in [6, 6.07) is 89.8. The number of halogens is 2. The Morgan fingerprint density at radius 3 is 1.42 bits per heavy atom. The number of aromatic nitrogens is 8. The smallest absolute Gasteiger partial charge is 0.219 e. The number of rotatable bonds is 12. The van der Waals surface area contributed by atoms with Crippen LogP contribution in [0.2, 0.25) is 0 Å². The van der Waals surface area contributed by atoms with Crippen molar-refractivity contribution in [2.45, 2.75) is 0 Å². The third kappa shape index (κ3) is 15.7. The van der Waals surface area contributed by atoms with Gasteiger partial charge in [-0.25, -0.2) is 24.9 Å². The Balaban J connectivity index is 0.000000121. The van der Waals surface area contributed by atoms with Crippen LogP contribution in [0.15, 0.2) is 355 Å². The SMILES string of the molecule is Brc1cccc(-n2ccnc2)c1.Ic1cc(Oc2ccccn2)cc2c1oc1ccccc12.Nc1ccccc1.c1ccc(N(c2cccc(-n3ccnc3)c2)c2cc(Oc3ccccn3)cc3c2oc2ccccc23)cc1.c1ccc(Nc2cccc(-n3ccnc3)c2)cc1. The van der Waals surface area contributed by atoms with Crippen molar-refractivity contribution >= 4 is 117 Å². The maximum atomic E-state index is 6.49. The number of ether oxygens (including phenoxy) is 2. The molecule has 7 aromatic heterocycles. The van der Waals surface area contributed by atoms with Crippen molar-refractivity contribution in [2.75, 3.05) is 16.0 Å². The van der Waals surface area contributed by atoms with E-state index in [1.54, 1.807) is 50.0 Å². The van der Waals surface area contributed by atoms with E-state index in [0.717, 1.165) is 109 Å². The summed E-state index contributed by atoms with van der Waals surface area (Å²) in [6.45, 7) is 0. The van der Waals surface area contributed by atoms with E-state index in [1.165, 1.54) is 0 Å². The number of hydrogen-bond donors (Lipinski definition) is 2. The van der Waals surface area contributed by atoms with Crippen LogP contribution in [0.5, 0.6) is 23.3 Å². The molecule has 0 bridgehead atoms. The molecule has 15 nitrogen and oxygen atoms in total. The lowest BCUT2D eigenvalue weighted by Crippen LogP contribution is -2.11. The van der Waals surface area contributed by atoms with Crippen LogP contribution in [0.1, 0.15) is 0 Å². The number of furan rings is 2. The summed E-state index contributed by atoms with van der Waals surface area (Å²) in [6.07, 6.45) is 19.9. The number of anilines is 6. The molecule has 96 heavy (non-hydrogen) atoms. The largest absolute Gasteiger partial charge is 0.455 e. The van der Waals surface area contributed by atoms with E-state index in [2.05, 4.69) is 128 Å². The quantitative estimate of drug-likeness (QED) is 0.0880. The first-order chi connectivity index (χ1) is 47.3. The van der Waals surface area contributed by atoms with Crippen molar-refractivity contribution < 1.29 is 18.3 Å². The van der Waals surface area contributed by atoms with Gasteiger partial charge in [0.05, 0.1) is 28.2 Å². The lowest BCUT2D eigenvalue weighted by Gasteiger charge is -2.26. The molecular weight excluding hydrogens is 1370 g/mol. The van der Waals surface area contributed by atoms with Crippen molar-refractivity contribution in [1.29, 1.82) is 0 Å². The van der Waals surface area contributed by atoms with E-state index in [9.17, 15) is 0 Å². The van der Waals surface area contributed by atoms with Crippen LogP contribution >= 0.6 is 38.5 Å². The molecule has 0 aliphatic rings. The highest BCUT2D eigenvalue weighted by Gasteiger charge is 2.22. The Labute approximate surface area is 575 Å². The van der Waals surface area contributed by atoms with Gasteiger partial charge >= 0.3 is 0 Å². The fraction of sp³-hybridized carbons (Fsp3) is 0. The van der Waals surface area contributed by atoms with Crippen molar-refractivity contribution in [3.8, 4) is 40.3 Å². The van der Waals surface area contributed by atoms with Gasteiger partial charge in [-0.05, 0) is 156 Å². The molecule has 0 atom stereocenters. The van der Waals surface area contributed by atoms with Gasteiger partial charge in [-0.15, -0.1) is 0 Å². The minimum Gasteiger partial charge on any atom is -0.455 e. The molecular formula is C79H59BrIN11O4. The molecule has 0 amide bonds. The molecule has 0 fully saturated rings. The van der Waals surface area contributed by atoms with Gasteiger partial charge in [0.15, 0.2) is 5.58 Å². The lowest BCUT2D eigenvalue weighted by molar-refractivity contribution is 0.463. The topological polar surface area (TPSA) is 165 Å². The number of nitrogen functional groups attached to an aromatic ring is 1. The molecule has 0 aliphatic heterocycles. The fourth-order valence-corrected chi connectivity index (χ4v) is 11.5. The van der Waals surface area contributed by atoms with Crippen molar-refractivity contribution in [2.24, 2.45) is 0 Å². The van der Waals surface area contributed by atoms with E-state index in [0.29, 0.717) is 17.5 Å². The number of fused-ring (bicyclic) bond motifs is 6. The highest BCUT2D eigenvalue weighted by atomic mass is 127. The molecule has 0 saturated heterocycles. The van der Waals surface area contributed by atoms with Gasteiger partial charge in [-0.1, -0.05) is 137 Å². The van der Waals surface area contributed by atoms with Gasteiger partial charge in [-0.2, -0.15) is 0 Å². The fourth-order valence-electron chi connectivity index (χ4n) is 10.4. The van der Waals surface area contributed by atoms with Crippen molar-refractivity contribution in [1.82, 2.24) is 38.6 Å². The maximum Gasteiger partial charge on any atom is 0.219 e. The lowest BCUT2D eigenvalue weighted by atomic mass is 10.1. The van der Waals surface area contributed by atoms with Gasteiger partial charge < -0.3 is 48.0 Å². The zero-order valence-corrected chi connectivity index (χ0v) is 55.1. The van der Waals surface area contributed by atoms with E-state index in [-0.39, 0.29) is 0 Å². The predicted octanol–water partition coefficient (Wildman–Crippen LogP) is 21.3. The number of benzene rings is 10. The third-order valence-electron chi connectivity index (χ3n) is 14.8. The van der Waals surface area contributed by atoms with Crippen LogP contribution in [0, 0.1) is 3.57 Å². The standard InChI is InChI=1S/C32H22N4O2.C17H10INO2.C15H13N3.C9H7BrN2.C6H7N/c1-2-9-23(10-3-1)36(25-12-8-11-24(19-25)35-18-17-33-22-35)29-21-26(37-31-15-6-7-16-34-31)20-28-27-13-4-5-14-30(27)38-32(28)29;18-14-10-11(20-16-7-3-4-8-19-16)9-13-12-5-1-2-6-15(12)21-17(13)14;1-2-5-13(6-3-1)17-14-7-4-8-15(11-14)18-10-9-16-12-18;10-8-2-1-3-9(6-8)12-5-4-11-7-12;7-6-4-2-1-3-5-6/h1-22H;1-10H;1-12,17H;1-7H;1-5H,7H2. The van der Waals surface area contributed by atoms with Crippen LogP contribution < -0.4 is 25.4 Å². The van der Waals surface area contributed by atoms with Crippen LogP contribution in [-0.4, -0.2) is 38.6 Å². The number of nitrogens with zero attached hydrogens (tertiary/aromatic N) is 9. The Kier molecular flexibility index (Phi) is 20.0. The third-order valence-corrected chi connectivity index (χ3v) is 16.1. The van der Waals surface area contributed by atoms with Gasteiger partial charge in [0.25, 0.3) is 0 Å². The Bertz CT molecular complexity index is 5260. The molecule has 468 valence electrons. The monoisotopic (exact) mass is 1430 g/mol. The molecule has 0 saturated carbocycles. The second-order valence-electron chi connectivity index (χ2n) is 21.4. The average molecular weight is 1430 g/mol. The Morgan fingerprint density at radius 1 is 0.406 bits per heavy atom. The molecule has 17 heteroatoms. The number of hydrogen-bond acceptors (Lipinski definition) is 12. The summed E-state index contributed by atoms with van der Waals surface area (Å²) in [5.41, 5.74) is 17.7. The molecule has 17 aromatic rings. The number of para-hydroxylation sites is 5. The van der Waals surface area contributed by atoms with E-state index in [1.807, 2.05) is 251 Å². The van der Waals surface area contributed by atoms with E-state index in [4.69, 9.17) is 24.0 Å². The summed E-state index contributed by atoms with van der Waals surface area (Å²) in [7, 11) is 0. The van der Waals surface area contributed by atoms with Crippen LogP contribution in [0.4, 0.5) is 34.1 Å². The van der Waals surface area contributed by atoms with E-state index >= 15 is 0 Å².